The van der Waals surface area contributed by atoms with E-state index in [0.717, 1.165) is 0 Å². The molecule has 24 nitrogen and oxygen atoms in total. The number of phenolic OH excluding ortho intramolecular Hbond substituents is 4. The average Bonchev–Trinajstić information content (AvgIpc) is 3.01. The van der Waals surface area contributed by atoms with E-state index in [2.05, 4.69) is 0 Å². The summed E-state index contributed by atoms with van der Waals surface area (Å²) in [4.78, 5) is -24.2. The number of hydrogen-bond acceptors (Lipinski definition) is 20. The van der Waals surface area contributed by atoms with Crippen LogP contribution in [0.2, 0.25) is 0 Å². The minimum Gasteiger partial charge on any atom is -0.505 e. The summed E-state index contributed by atoms with van der Waals surface area (Å²) in [5, 5.41) is 44.4. The first-order chi connectivity index (χ1) is 25.0. The van der Waals surface area contributed by atoms with Crippen molar-refractivity contribution >= 4 is 79.8 Å². The molecule has 32 heteroatoms. The molecule has 0 amide bonds. The maximum absolute atomic E-state index is 14.1. The highest BCUT2D eigenvalue weighted by atomic mass is 32.2. The van der Waals surface area contributed by atoms with Gasteiger partial charge in [-0.3, -0.25) is 18.2 Å². The second-order valence-electron chi connectivity index (χ2n) is 11.0. The smallest absolute Gasteiger partial charge is 0.294 e. The van der Waals surface area contributed by atoms with Gasteiger partial charge in [0, 0.05) is 0 Å². The molecule has 304 valence electrons. The van der Waals surface area contributed by atoms with Crippen LogP contribution in [0.4, 0.5) is 0 Å². The molecule has 0 radical (unpaired) electrons. The van der Waals surface area contributed by atoms with Gasteiger partial charge in [-0.25, -0.2) is 33.7 Å². The molecule has 0 aliphatic carbocycles. The van der Waals surface area contributed by atoms with E-state index in [1.165, 1.54) is 0 Å². The Morgan fingerprint density at radius 3 is 0.482 bits per heavy atom. The summed E-state index contributed by atoms with van der Waals surface area (Å²) in [7, 11) is -48.5. The third-order valence-electron chi connectivity index (χ3n) is 7.56. The number of sulfone groups is 4. The fourth-order valence-electron chi connectivity index (χ4n) is 4.94. The molecule has 0 spiro atoms. The number of phenols is 4. The highest BCUT2D eigenvalue weighted by Gasteiger charge is 2.42. The normalized spacial score (nSPS) is 17.5. The lowest BCUT2D eigenvalue weighted by Gasteiger charge is -2.19. The van der Waals surface area contributed by atoms with E-state index in [0.29, 0.717) is 0 Å². The molecule has 1 heterocycles. The predicted molar refractivity (Wildman–Crippen MR) is 173 cm³/mol. The largest absolute Gasteiger partial charge is 0.505 e. The van der Waals surface area contributed by atoms with Crippen molar-refractivity contribution in [2.24, 2.45) is 0 Å². The van der Waals surface area contributed by atoms with Crippen molar-refractivity contribution in [3.63, 3.8) is 0 Å². The second kappa shape index (κ2) is 12.5. The van der Waals surface area contributed by atoms with Crippen LogP contribution in [0.15, 0.2) is 107 Å². The number of rotatable bonds is 4. The standard InChI is InChI=1S/C24H16O24S8/c25-21-13-1-9(53(37,38)39)2-14(21)50(31,32)17-5-11(55(43,44)45)6-18(23(17)27)52(35,36)20-8-12(56(46,47)48)7-19(24(20)28)51(33,34)16-4-10(54(40,41)42)3-15(22(16)26)49(13,29)30/h1-8,25-28H,(H,37,38,39)(H,40,41,42)(H,43,44,45)(H,46,47,48). The second-order valence-corrected chi connectivity index (χ2v) is 24.2. The fourth-order valence-corrected chi connectivity index (χ4v) is 14.1. The van der Waals surface area contributed by atoms with Crippen molar-refractivity contribution in [2.75, 3.05) is 0 Å². The zero-order chi connectivity index (χ0) is 42.9. The Bertz CT molecular complexity index is 2840. The average molecular weight is 945 g/mol. The first-order valence-electron chi connectivity index (χ1n) is 13.4. The Hall–Kier alpha value is -4.48. The van der Waals surface area contributed by atoms with Crippen molar-refractivity contribution < 1.29 is 106 Å². The Morgan fingerprint density at radius 2 is 0.393 bits per heavy atom. The molecule has 8 N–H and O–H groups in total. The van der Waals surface area contributed by atoms with Crippen LogP contribution in [0.1, 0.15) is 0 Å². The molecule has 5 rings (SSSR count). The zero-order valence-electron chi connectivity index (χ0n) is 26.0. The summed E-state index contributed by atoms with van der Waals surface area (Å²) in [6.07, 6.45) is 0. The van der Waals surface area contributed by atoms with Crippen molar-refractivity contribution in [1.82, 2.24) is 0 Å². The minimum atomic E-state index is -6.27. The van der Waals surface area contributed by atoms with E-state index in [9.17, 15) is 106 Å². The molecule has 1 aliphatic rings. The molecule has 1 aliphatic heterocycles. The van der Waals surface area contributed by atoms with Crippen LogP contribution in [-0.2, 0) is 79.8 Å². The molecule has 0 fully saturated rings. The fraction of sp³-hybridized carbons (Fsp3) is 0. The van der Waals surface area contributed by atoms with E-state index in [1.54, 1.807) is 0 Å². The Morgan fingerprint density at radius 1 is 0.286 bits per heavy atom. The first-order valence-corrected chi connectivity index (χ1v) is 25.1. The zero-order valence-corrected chi connectivity index (χ0v) is 32.5. The van der Waals surface area contributed by atoms with Gasteiger partial charge in [0.1, 0.15) is 39.2 Å². The first kappa shape index (κ1) is 42.7. The maximum Gasteiger partial charge on any atom is 0.294 e. The van der Waals surface area contributed by atoms with Crippen molar-refractivity contribution in [1.29, 1.82) is 0 Å². The van der Waals surface area contributed by atoms with Gasteiger partial charge in [-0.05, 0) is 48.5 Å². The molecule has 0 atom stereocenters. The monoisotopic (exact) mass is 944 g/mol. The van der Waals surface area contributed by atoms with Gasteiger partial charge in [0.05, 0.1) is 19.6 Å². The summed E-state index contributed by atoms with van der Waals surface area (Å²) in [6.45, 7) is 0. The Kier molecular flexibility index (Phi) is 9.53. The van der Waals surface area contributed by atoms with Crippen molar-refractivity contribution in [2.45, 2.75) is 58.7 Å². The Balaban J connectivity index is 2.25. The van der Waals surface area contributed by atoms with Gasteiger partial charge in [0.25, 0.3) is 40.5 Å². The number of aromatic hydroxyl groups is 4. The predicted octanol–water partition coefficient (Wildman–Crippen LogP) is -0.860. The third-order valence-corrected chi connectivity index (χ3v) is 18.0. The number of fused-ring (bicyclic) bond motifs is 8. The van der Waals surface area contributed by atoms with Gasteiger partial charge in [-0.15, -0.1) is 0 Å². The Labute approximate surface area is 314 Å². The highest BCUT2D eigenvalue weighted by molar-refractivity contribution is 7.94. The molecule has 4 aromatic carbocycles. The lowest BCUT2D eigenvalue weighted by molar-refractivity contribution is 0.431. The lowest BCUT2D eigenvalue weighted by Crippen LogP contribution is -2.16. The molecule has 0 unspecified atom stereocenters. The van der Waals surface area contributed by atoms with E-state index in [4.69, 9.17) is 0 Å². The summed E-state index contributed by atoms with van der Waals surface area (Å²) in [5.41, 5.74) is 0. The van der Waals surface area contributed by atoms with E-state index in [1.807, 2.05) is 0 Å². The molecule has 56 heavy (non-hydrogen) atoms. The molecule has 0 saturated heterocycles. The SMILES string of the molecule is O=S(=O)(O)c1cc2c(O)c(c1)S(=O)(=O)c1cc(S(=O)(=O)O)cc(c1O)S(=O)(=O)c1cc(S(=O)(=O)O)cc(c1O)S(=O)(=O)c1cc(S(=O)(=O)O)cc(c1O)S2(=O)=O. The van der Waals surface area contributed by atoms with Crippen LogP contribution >= 0.6 is 0 Å². The summed E-state index contributed by atoms with van der Waals surface area (Å²) < 4.78 is 249. The molecule has 8 bridgehead atoms. The van der Waals surface area contributed by atoms with Crippen LogP contribution in [-0.4, -0.2) is 106 Å². The minimum absolute atomic E-state index is 0.270. The third kappa shape index (κ3) is 6.74. The van der Waals surface area contributed by atoms with Gasteiger partial charge >= 0.3 is 0 Å². The van der Waals surface area contributed by atoms with Gasteiger partial charge in [-0.2, -0.15) is 33.7 Å². The summed E-state index contributed by atoms with van der Waals surface area (Å²) in [6, 6.07) is -2.16. The number of benzene rings is 4. The van der Waals surface area contributed by atoms with Gasteiger partial charge < -0.3 is 20.4 Å². The topological polar surface area (TPSA) is 435 Å². The molecular weight excluding hydrogens is 929 g/mol. The molecule has 0 aromatic heterocycles. The van der Waals surface area contributed by atoms with Crippen LogP contribution < -0.4 is 0 Å². The lowest BCUT2D eigenvalue weighted by atomic mass is 10.3. The summed E-state index contributed by atoms with van der Waals surface area (Å²) in [5.74, 6) is -8.86. The van der Waals surface area contributed by atoms with E-state index in [-0.39, 0.29) is 48.5 Å². The van der Waals surface area contributed by atoms with Gasteiger partial charge in [0.15, 0.2) is 23.0 Å². The van der Waals surface area contributed by atoms with Gasteiger partial charge in [-0.1, -0.05) is 0 Å². The van der Waals surface area contributed by atoms with E-state index >= 15 is 0 Å². The summed E-state index contributed by atoms with van der Waals surface area (Å²) >= 11 is 0. The molecule has 4 aromatic rings. The van der Waals surface area contributed by atoms with Crippen molar-refractivity contribution in [3.8, 4) is 23.0 Å². The van der Waals surface area contributed by atoms with E-state index < -0.39 is 162 Å². The highest BCUT2D eigenvalue weighted by Crippen LogP contribution is 2.49. The van der Waals surface area contributed by atoms with Gasteiger partial charge in [0.2, 0.25) is 39.3 Å². The van der Waals surface area contributed by atoms with Crippen LogP contribution in [0.25, 0.3) is 0 Å². The van der Waals surface area contributed by atoms with Crippen LogP contribution in [0.3, 0.4) is 0 Å². The van der Waals surface area contributed by atoms with Crippen LogP contribution in [0, 0.1) is 0 Å². The molecular formula is C24H16O24S8. The maximum atomic E-state index is 14.1. The quantitative estimate of drug-likeness (QED) is 0.102. The van der Waals surface area contributed by atoms with Crippen molar-refractivity contribution in [3.05, 3.63) is 48.5 Å². The molecule has 0 saturated carbocycles. The van der Waals surface area contributed by atoms with Crippen LogP contribution in [0.5, 0.6) is 23.0 Å². The number of hydrogen-bond donors (Lipinski definition) is 8.